The molecule has 1 aliphatic rings. The van der Waals surface area contributed by atoms with Gasteiger partial charge in [0, 0.05) is 28.3 Å². The molecule has 3 rings (SSSR count). The summed E-state index contributed by atoms with van der Waals surface area (Å²) in [6.07, 6.45) is 1.24. The monoisotopic (exact) mass is 263 g/mol. The van der Waals surface area contributed by atoms with Gasteiger partial charge in [-0.05, 0) is 17.9 Å². The van der Waals surface area contributed by atoms with E-state index in [1.165, 1.54) is 20.5 Å². The van der Waals surface area contributed by atoms with E-state index >= 15 is 0 Å². The van der Waals surface area contributed by atoms with E-state index in [1.54, 1.807) is 11.3 Å². The smallest absolute Gasteiger partial charge is 0.0835 e. The van der Waals surface area contributed by atoms with Gasteiger partial charge >= 0.3 is 0 Å². The molecular formula is C14H17NO2S. The van der Waals surface area contributed by atoms with Crippen LogP contribution in [0, 0.1) is 0 Å². The Labute approximate surface area is 111 Å². The van der Waals surface area contributed by atoms with E-state index in [-0.39, 0.29) is 6.10 Å². The Bertz CT molecular complexity index is 532. The van der Waals surface area contributed by atoms with E-state index in [2.05, 4.69) is 24.3 Å². The summed E-state index contributed by atoms with van der Waals surface area (Å²) in [6, 6.07) is 8.42. The van der Waals surface area contributed by atoms with Crippen LogP contribution in [0.15, 0.2) is 24.3 Å². The first-order valence-corrected chi connectivity index (χ1v) is 7.09. The SMILES string of the molecule is NCc1sc2ccccc2c1COC1CCOC1. The molecule has 0 saturated carbocycles. The highest BCUT2D eigenvalue weighted by atomic mass is 32.1. The molecule has 1 aromatic heterocycles. The highest BCUT2D eigenvalue weighted by Gasteiger charge is 2.18. The number of nitrogens with two attached hydrogens (primary N) is 1. The maximum absolute atomic E-state index is 5.92. The Morgan fingerprint density at radius 1 is 1.39 bits per heavy atom. The molecule has 2 heterocycles. The molecule has 1 fully saturated rings. The lowest BCUT2D eigenvalue weighted by molar-refractivity contribution is 0.0321. The van der Waals surface area contributed by atoms with Gasteiger partial charge in [-0.1, -0.05) is 18.2 Å². The van der Waals surface area contributed by atoms with Gasteiger partial charge in [0.1, 0.15) is 0 Å². The van der Waals surface area contributed by atoms with Crippen molar-refractivity contribution >= 4 is 21.4 Å². The van der Waals surface area contributed by atoms with Crippen molar-refractivity contribution in [2.45, 2.75) is 25.7 Å². The van der Waals surface area contributed by atoms with Crippen LogP contribution >= 0.6 is 11.3 Å². The summed E-state index contributed by atoms with van der Waals surface area (Å²) >= 11 is 1.77. The summed E-state index contributed by atoms with van der Waals surface area (Å²) in [4.78, 5) is 1.23. The van der Waals surface area contributed by atoms with Gasteiger partial charge in [0.25, 0.3) is 0 Å². The number of thiophene rings is 1. The fraction of sp³-hybridized carbons (Fsp3) is 0.429. The van der Waals surface area contributed by atoms with Crippen molar-refractivity contribution < 1.29 is 9.47 Å². The largest absolute Gasteiger partial charge is 0.379 e. The Morgan fingerprint density at radius 3 is 3.06 bits per heavy atom. The molecule has 0 spiro atoms. The van der Waals surface area contributed by atoms with Gasteiger partial charge in [0.2, 0.25) is 0 Å². The van der Waals surface area contributed by atoms with Crippen LogP contribution in [0.2, 0.25) is 0 Å². The zero-order valence-electron chi connectivity index (χ0n) is 10.2. The summed E-state index contributed by atoms with van der Waals surface area (Å²) in [5.41, 5.74) is 7.08. The first kappa shape index (κ1) is 12.1. The van der Waals surface area contributed by atoms with Crippen LogP contribution in [0.1, 0.15) is 16.9 Å². The summed E-state index contributed by atoms with van der Waals surface area (Å²) in [7, 11) is 0. The minimum absolute atomic E-state index is 0.245. The van der Waals surface area contributed by atoms with Crippen LogP contribution < -0.4 is 5.73 Å². The average Bonchev–Trinajstić information content (AvgIpc) is 3.03. The predicted octanol–water partition coefficient (Wildman–Crippen LogP) is 2.67. The van der Waals surface area contributed by atoms with E-state index in [0.29, 0.717) is 13.2 Å². The van der Waals surface area contributed by atoms with E-state index in [0.717, 1.165) is 19.6 Å². The van der Waals surface area contributed by atoms with E-state index in [4.69, 9.17) is 15.2 Å². The first-order chi connectivity index (χ1) is 8.88. The lowest BCUT2D eigenvalue weighted by Crippen LogP contribution is -2.12. The van der Waals surface area contributed by atoms with Gasteiger partial charge in [-0.15, -0.1) is 11.3 Å². The molecule has 3 nitrogen and oxygen atoms in total. The van der Waals surface area contributed by atoms with Crippen LogP contribution in [0.3, 0.4) is 0 Å². The van der Waals surface area contributed by atoms with Gasteiger partial charge in [-0.3, -0.25) is 0 Å². The molecule has 18 heavy (non-hydrogen) atoms. The highest BCUT2D eigenvalue weighted by Crippen LogP contribution is 2.32. The lowest BCUT2D eigenvalue weighted by Gasteiger charge is -2.10. The van der Waals surface area contributed by atoms with Gasteiger partial charge in [0.15, 0.2) is 0 Å². The third-order valence-electron chi connectivity index (χ3n) is 3.32. The number of benzene rings is 1. The topological polar surface area (TPSA) is 44.5 Å². The van der Waals surface area contributed by atoms with E-state index in [1.807, 2.05) is 0 Å². The van der Waals surface area contributed by atoms with E-state index < -0.39 is 0 Å². The zero-order chi connectivity index (χ0) is 12.4. The molecule has 2 aromatic rings. The van der Waals surface area contributed by atoms with Gasteiger partial charge < -0.3 is 15.2 Å². The van der Waals surface area contributed by atoms with Crippen molar-refractivity contribution in [1.82, 2.24) is 0 Å². The number of ether oxygens (including phenoxy) is 2. The molecule has 1 saturated heterocycles. The molecule has 1 aromatic carbocycles. The first-order valence-electron chi connectivity index (χ1n) is 6.27. The molecule has 0 aliphatic carbocycles. The van der Waals surface area contributed by atoms with Gasteiger partial charge in [-0.2, -0.15) is 0 Å². The number of fused-ring (bicyclic) bond motifs is 1. The maximum Gasteiger partial charge on any atom is 0.0835 e. The molecule has 1 aliphatic heterocycles. The molecule has 2 N–H and O–H groups in total. The molecule has 1 unspecified atom stereocenters. The fourth-order valence-corrected chi connectivity index (χ4v) is 3.41. The Morgan fingerprint density at radius 2 is 2.28 bits per heavy atom. The fourth-order valence-electron chi connectivity index (χ4n) is 2.32. The summed E-state index contributed by atoms with van der Waals surface area (Å²) in [6.45, 7) is 2.77. The van der Waals surface area contributed by atoms with Crippen LogP contribution in [0.4, 0.5) is 0 Å². The number of rotatable bonds is 4. The minimum atomic E-state index is 0.245. The average molecular weight is 263 g/mol. The lowest BCUT2D eigenvalue weighted by atomic mass is 10.1. The van der Waals surface area contributed by atoms with Crippen molar-refractivity contribution in [2.24, 2.45) is 5.73 Å². The highest BCUT2D eigenvalue weighted by molar-refractivity contribution is 7.19. The molecule has 0 bridgehead atoms. The van der Waals surface area contributed by atoms with Gasteiger partial charge in [-0.25, -0.2) is 0 Å². The van der Waals surface area contributed by atoms with Crippen LogP contribution in [-0.4, -0.2) is 19.3 Å². The van der Waals surface area contributed by atoms with Crippen molar-refractivity contribution in [3.05, 3.63) is 34.7 Å². The number of hydrogen-bond donors (Lipinski definition) is 1. The van der Waals surface area contributed by atoms with Gasteiger partial charge in [0.05, 0.1) is 19.3 Å². The molecule has 0 radical (unpaired) electrons. The summed E-state index contributed by atoms with van der Waals surface area (Å²) < 4.78 is 12.5. The van der Waals surface area contributed by atoms with Crippen molar-refractivity contribution in [3.8, 4) is 0 Å². The van der Waals surface area contributed by atoms with Crippen molar-refractivity contribution in [1.29, 1.82) is 0 Å². The van der Waals surface area contributed by atoms with Crippen molar-refractivity contribution in [2.75, 3.05) is 13.2 Å². The van der Waals surface area contributed by atoms with Crippen LogP contribution in [0.5, 0.6) is 0 Å². The Kier molecular flexibility index (Phi) is 3.61. The maximum atomic E-state index is 5.92. The van der Waals surface area contributed by atoms with Crippen LogP contribution in [-0.2, 0) is 22.6 Å². The standard InChI is InChI=1S/C14H17NO2S/c15-7-14-12(9-17-10-5-6-16-8-10)11-3-1-2-4-13(11)18-14/h1-4,10H,5-9,15H2. The second kappa shape index (κ2) is 5.36. The number of hydrogen-bond acceptors (Lipinski definition) is 4. The third kappa shape index (κ3) is 2.29. The summed E-state index contributed by atoms with van der Waals surface area (Å²) in [5.74, 6) is 0. The quantitative estimate of drug-likeness (QED) is 0.922. The Balaban J connectivity index is 1.84. The second-order valence-electron chi connectivity index (χ2n) is 4.50. The molecule has 1 atom stereocenters. The predicted molar refractivity (Wildman–Crippen MR) is 73.7 cm³/mol. The molecule has 4 heteroatoms. The normalized spacial score (nSPS) is 19.7. The minimum Gasteiger partial charge on any atom is -0.379 e. The second-order valence-corrected chi connectivity index (χ2v) is 5.64. The van der Waals surface area contributed by atoms with Crippen LogP contribution in [0.25, 0.3) is 10.1 Å². The molecule has 0 amide bonds. The third-order valence-corrected chi connectivity index (χ3v) is 4.55. The molecular weight excluding hydrogens is 246 g/mol. The summed E-state index contributed by atoms with van der Waals surface area (Å²) in [5, 5.41) is 1.28. The van der Waals surface area contributed by atoms with Crippen molar-refractivity contribution in [3.63, 3.8) is 0 Å². The zero-order valence-corrected chi connectivity index (χ0v) is 11.0. The molecule has 96 valence electrons. The Hall–Kier alpha value is -0.940. The van der Waals surface area contributed by atoms with E-state index in [9.17, 15) is 0 Å².